The van der Waals surface area contributed by atoms with Crippen LogP contribution >= 0.6 is 0 Å². The number of carbonyl (C=O) groups excluding carboxylic acids is 2. The van der Waals surface area contributed by atoms with Crippen molar-refractivity contribution in [3.63, 3.8) is 0 Å². The maximum atomic E-state index is 12.2. The first-order valence-corrected chi connectivity index (χ1v) is 5.45. The van der Waals surface area contributed by atoms with E-state index < -0.39 is 24.5 Å². The van der Waals surface area contributed by atoms with Gasteiger partial charge in [0, 0.05) is 19.2 Å². The lowest BCUT2D eigenvalue weighted by atomic mass is 10.1. The summed E-state index contributed by atoms with van der Waals surface area (Å²) in [5.41, 5.74) is 5.34. The van der Waals surface area contributed by atoms with Crippen LogP contribution in [0.2, 0.25) is 0 Å². The fraction of sp³-hybridized carbons (Fsp3) is 0.500. The Morgan fingerprint density at radius 1 is 1.53 bits per heavy atom. The number of amides is 2. The Morgan fingerprint density at radius 2 is 2.21 bits per heavy atom. The molecule has 0 aromatic carbocycles. The molecule has 1 aliphatic rings. The molecule has 1 fully saturated rings. The van der Waals surface area contributed by atoms with E-state index in [2.05, 4.69) is 5.10 Å². The molecular formula is C10H11F3N4O2. The molecule has 1 saturated heterocycles. The molecule has 0 spiro atoms. The lowest BCUT2D eigenvalue weighted by Gasteiger charge is -2.13. The van der Waals surface area contributed by atoms with Crippen molar-refractivity contribution in [1.82, 2.24) is 9.78 Å². The van der Waals surface area contributed by atoms with Crippen molar-refractivity contribution in [3.8, 4) is 0 Å². The molecule has 2 amide bonds. The first kappa shape index (κ1) is 13.4. The van der Waals surface area contributed by atoms with Crippen molar-refractivity contribution in [3.05, 3.63) is 12.4 Å². The van der Waals surface area contributed by atoms with Gasteiger partial charge in [0.2, 0.25) is 11.8 Å². The Kier molecular flexibility index (Phi) is 3.21. The summed E-state index contributed by atoms with van der Waals surface area (Å²) in [7, 11) is 0. The zero-order valence-corrected chi connectivity index (χ0v) is 9.72. The maximum Gasteiger partial charge on any atom is 0.408 e. The number of nitrogens with zero attached hydrogens (tertiary/aromatic N) is 3. The van der Waals surface area contributed by atoms with Crippen LogP contribution in [-0.2, 0) is 16.1 Å². The van der Waals surface area contributed by atoms with Crippen molar-refractivity contribution in [1.29, 1.82) is 0 Å². The first-order valence-electron chi connectivity index (χ1n) is 5.45. The molecule has 2 rings (SSSR count). The van der Waals surface area contributed by atoms with Crippen molar-refractivity contribution >= 4 is 17.5 Å². The molecule has 0 bridgehead atoms. The van der Waals surface area contributed by atoms with Gasteiger partial charge in [-0.3, -0.25) is 14.3 Å². The molecule has 1 aliphatic heterocycles. The summed E-state index contributed by atoms with van der Waals surface area (Å²) >= 11 is 0. The lowest BCUT2D eigenvalue weighted by Crippen LogP contribution is -2.28. The average Bonchev–Trinajstić information content (AvgIpc) is 2.82. The van der Waals surface area contributed by atoms with E-state index >= 15 is 0 Å². The van der Waals surface area contributed by atoms with E-state index in [1.165, 1.54) is 4.90 Å². The normalized spacial score (nSPS) is 20.1. The fourth-order valence-electron chi connectivity index (χ4n) is 1.91. The van der Waals surface area contributed by atoms with Gasteiger partial charge in [0.1, 0.15) is 6.54 Å². The summed E-state index contributed by atoms with van der Waals surface area (Å²) in [5.74, 6) is -1.56. The van der Waals surface area contributed by atoms with Gasteiger partial charge in [0.25, 0.3) is 0 Å². The van der Waals surface area contributed by atoms with Crippen LogP contribution in [-0.4, -0.2) is 34.3 Å². The molecule has 2 N–H and O–H groups in total. The van der Waals surface area contributed by atoms with Gasteiger partial charge in [-0.25, -0.2) is 0 Å². The largest absolute Gasteiger partial charge is 0.408 e. The summed E-state index contributed by atoms with van der Waals surface area (Å²) in [5, 5.41) is 3.54. The smallest absolute Gasteiger partial charge is 0.369 e. The number of nitrogens with two attached hydrogens (primary N) is 1. The van der Waals surface area contributed by atoms with Crippen molar-refractivity contribution < 1.29 is 22.8 Å². The second kappa shape index (κ2) is 4.56. The Morgan fingerprint density at radius 3 is 2.74 bits per heavy atom. The monoisotopic (exact) mass is 276 g/mol. The third kappa shape index (κ3) is 3.04. The second-order valence-electron chi connectivity index (χ2n) is 4.32. The number of halogens is 3. The Labute approximate surface area is 106 Å². The van der Waals surface area contributed by atoms with Gasteiger partial charge in [-0.15, -0.1) is 0 Å². The minimum absolute atomic E-state index is 0.0280. The van der Waals surface area contributed by atoms with Crippen molar-refractivity contribution in [2.24, 2.45) is 11.7 Å². The minimum Gasteiger partial charge on any atom is -0.369 e. The molecule has 1 aromatic rings. The van der Waals surface area contributed by atoms with E-state index in [-0.39, 0.29) is 24.6 Å². The molecule has 9 heteroatoms. The van der Waals surface area contributed by atoms with Crippen LogP contribution < -0.4 is 10.6 Å². The highest BCUT2D eigenvalue weighted by Gasteiger charge is 2.35. The molecule has 104 valence electrons. The topological polar surface area (TPSA) is 81.2 Å². The van der Waals surface area contributed by atoms with Crippen LogP contribution in [0, 0.1) is 5.92 Å². The third-order valence-electron chi connectivity index (χ3n) is 2.80. The van der Waals surface area contributed by atoms with Gasteiger partial charge in [-0.1, -0.05) is 0 Å². The Hall–Kier alpha value is -2.06. The van der Waals surface area contributed by atoms with Gasteiger partial charge in [-0.05, 0) is 0 Å². The van der Waals surface area contributed by atoms with Crippen molar-refractivity contribution in [2.75, 3.05) is 11.4 Å². The van der Waals surface area contributed by atoms with Crippen molar-refractivity contribution in [2.45, 2.75) is 19.1 Å². The van der Waals surface area contributed by atoms with Crippen LogP contribution in [0.25, 0.3) is 0 Å². The number of hydrogen-bond donors (Lipinski definition) is 1. The predicted octanol–water partition coefficient (Wildman–Crippen LogP) is 0.284. The number of carbonyl (C=O) groups is 2. The lowest BCUT2D eigenvalue weighted by molar-refractivity contribution is -0.142. The van der Waals surface area contributed by atoms with Crippen LogP contribution in [0.3, 0.4) is 0 Å². The fourth-order valence-corrected chi connectivity index (χ4v) is 1.91. The second-order valence-corrected chi connectivity index (χ2v) is 4.32. The zero-order valence-electron chi connectivity index (χ0n) is 9.72. The van der Waals surface area contributed by atoms with Gasteiger partial charge < -0.3 is 10.6 Å². The number of hydrogen-bond acceptors (Lipinski definition) is 3. The molecular weight excluding hydrogens is 265 g/mol. The highest BCUT2D eigenvalue weighted by atomic mass is 19.4. The molecule has 6 nitrogen and oxygen atoms in total. The molecule has 0 unspecified atom stereocenters. The quantitative estimate of drug-likeness (QED) is 0.861. The molecule has 19 heavy (non-hydrogen) atoms. The zero-order chi connectivity index (χ0) is 14.2. The summed E-state index contributed by atoms with van der Waals surface area (Å²) in [6.45, 7) is -1.15. The summed E-state index contributed by atoms with van der Waals surface area (Å²) in [6, 6.07) is 0. The molecule has 0 aliphatic carbocycles. The summed E-state index contributed by atoms with van der Waals surface area (Å²) < 4.78 is 37.2. The van der Waals surface area contributed by atoms with Crippen LogP contribution in [0.15, 0.2) is 12.4 Å². The first-order chi connectivity index (χ1) is 8.76. The molecule has 0 radical (unpaired) electrons. The van der Waals surface area contributed by atoms with Crippen LogP contribution in [0.4, 0.5) is 18.9 Å². The van der Waals surface area contributed by atoms with Gasteiger partial charge in [-0.2, -0.15) is 18.3 Å². The molecule has 1 atom stereocenters. The molecule has 0 saturated carbocycles. The third-order valence-corrected chi connectivity index (χ3v) is 2.80. The van der Waals surface area contributed by atoms with E-state index in [1.807, 2.05) is 0 Å². The van der Waals surface area contributed by atoms with E-state index in [9.17, 15) is 22.8 Å². The van der Waals surface area contributed by atoms with Crippen LogP contribution in [0.5, 0.6) is 0 Å². The summed E-state index contributed by atoms with van der Waals surface area (Å²) in [4.78, 5) is 23.9. The Bertz CT molecular complexity index is 511. The highest BCUT2D eigenvalue weighted by molar-refractivity contribution is 5.99. The van der Waals surface area contributed by atoms with Gasteiger partial charge >= 0.3 is 6.18 Å². The SMILES string of the molecule is NC(=O)[C@H]1CC(=O)N(c2cnn(CC(F)(F)F)c2)C1. The number of primary amides is 1. The van der Waals surface area contributed by atoms with E-state index in [4.69, 9.17) is 5.73 Å². The van der Waals surface area contributed by atoms with Gasteiger partial charge in [0.05, 0.1) is 17.8 Å². The van der Waals surface area contributed by atoms with Crippen LogP contribution in [0.1, 0.15) is 6.42 Å². The van der Waals surface area contributed by atoms with E-state index in [0.29, 0.717) is 4.68 Å². The number of anilines is 1. The standard InChI is InChI=1S/C10H11F3N4O2/c11-10(12,13)5-16-4-7(2-15-16)17-3-6(9(14)19)1-8(17)18/h2,4,6H,1,3,5H2,(H2,14,19)/t6-/m0/s1. The van der Waals surface area contributed by atoms with Gasteiger partial charge in [0.15, 0.2) is 0 Å². The molecule has 1 aromatic heterocycles. The minimum atomic E-state index is -4.38. The maximum absolute atomic E-state index is 12.2. The number of rotatable bonds is 3. The number of alkyl halides is 3. The molecule has 2 heterocycles. The Balaban J connectivity index is 2.11. The predicted molar refractivity (Wildman–Crippen MR) is 57.9 cm³/mol. The van der Waals surface area contributed by atoms with E-state index in [0.717, 1.165) is 12.4 Å². The summed E-state index contributed by atoms with van der Waals surface area (Å²) in [6.07, 6.45) is -2.13. The van der Waals surface area contributed by atoms with E-state index in [1.54, 1.807) is 0 Å². The highest BCUT2D eigenvalue weighted by Crippen LogP contribution is 2.25. The number of aromatic nitrogens is 2. The average molecular weight is 276 g/mol.